The molecule has 2 aromatic rings. The van der Waals surface area contributed by atoms with E-state index in [0.717, 1.165) is 34.1 Å². The molecule has 0 aliphatic carbocycles. The molecular formula is C18H22O4. The van der Waals surface area contributed by atoms with E-state index in [4.69, 9.17) is 18.9 Å². The zero-order chi connectivity index (χ0) is 16.1. The summed E-state index contributed by atoms with van der Waals surface area (Å²) in [6, 6.07) is 11.6. The van der Waals surface area contributed by atoms with Crippen LogP contribution in [0.15, 0.2) is 36.4 Å². The minimum atomic E-state index is 0.0888. The summed E-state index contributed by atoms with van der Waals surface area (Å²) >= 11 is 0. The van der Waals surface area contributed by atoms with E-state index in [1.807, 2.05) is 36.4 Å². The molecule has 0 amide bonds. The Labute approximate surface area is 131 Å². The molecule has 0 aromatic heterocycles. The first kappa shape index (κ1) is 16.0. The van der Waals surface area contributed by atoms with Gasteiger partial charge in [0.2, 0.25) is 0 Å². The van der Waals surface area contributed by atoms with E-state index < -0.39 is 0 Å². The Morgan fingerprint density at radius 1 is 0.636 bits per heavy atom. The highest BCUT2D eigenvalue weighted by molar-refractivity contribution is 5.51. The van der Waals surface area contributed by atoms with Crippen molar-refractivity contribution in [1.29, 1.82) is 0 Å². The molecular weight excluding hydrogens is 280 g/mol. The van der Waals surface area contributed by atoms with E-state index in [0.29, 0.717) is 0 Å². The first-order chi connectivity index (χ1) is 10.6. The van der Waals surface area contributed by atoms with Crippen LogP contribution in [-0.2, 0) is 0 Å². The summed E-state index contributed by atoms with van der Waals surface area (Å²) in [6.45, 7) is 2.11. The largest absolute Gasteiger partial charge is 0.497 e. The molecule has 0 saturated carbocycles. The van der Waals surface area contributed by atoms with Crippen molar-refractivity contribution in [2.45, 2.75) is 12.8 Å². The molecule has 0 heterocycles. The van der Waals surface area contributed by atoms with Gasteiger partial charge >= 0.3 is 0 Å². The second-order valence-electron chi connectivity index (χ2n) is 4.94. The molecule has 0 spiro atoms. The first-order valence-corrected chi connectivity index (χ1v) is 7.08. The molecule has 0 bridgehead atoms. The van der Waals surface area contributed by atoms with Gasteiger partial charge in [0.1, 0.15) is 23.0 Å². The number of ether oxygens (including phenoxy) is 4. The molecule has 4 nitrogen and oxygen atoms in total. The van der Waals surface area contributed by atoms with Crippen LogP contribution in [0.2, 0.25) is 0 Å². The fourth-order valence-corrected chi connectivity index (χ4v) is 2.52. The minimum absolute atomic E-state index is 0.0888. The summed E-state index contributed by atoms with van der Waals surface area (Å²) in [6.07, 6.45) is 0. The Kier molecular flexibility index (Phi) is 5.15. The van der Waals surface area contributed by atoms with Crippen molar-refractivity contribution in [3.63, 3.8) is 0 Å². The summed E-state index contributed by atoms with van der Waals surface area (Å²) in [5.41, 5.74) is 2.11. The lowest BCUT2D eigenvalue weighted by molar-refractivity contribution is 0.387. The van der Waals surface area contributed by atoms with Gasteiger partial charge in [-0.25, -0.2) is 0 Å². The summed E-state index contributed by atoms with van der Waals surface area (Å²) in [5.74, 6) is 3.27. The molecule has 0 fully saturated rings. The molecule has 2 rings (SSSR count). The number of hydrogen-bond acceptors (Lipinski definition) is 4. The zero-order valence-electron chi connectivity index (χ0n) is 13.7. The Hall–Kier alpha value is -2.36. The van der Waals surface area contributed by atoms with Gasteiger partial charge in [-0.1, -0.05) is 13.0 Å². The van der Waals surface area contributed by atoms with E-state index in [1.165, 1.54) is 0 Å². The van der Waals surface area contributed by atoms with Crippen molar-refractivity contribution >= 4 is 0 Å². The lowest BCUT2D eigenvalue weighted by Crippen LogP contribution is -2.03. The van der Waals surface area contributed by atoms with Crippen molar-refractivity contribution in [3.8, 4) is 23.0 Å². The summed E-state index contributed by atoms with van der Waals surface area (Å²) in [4.78, 5) is 0. The van der Waals surface area contributed by atoms with Crippen molar-refractivity contribution in [1.82, 2.24) is 0 Å². The normalized spacial score (nSPS) is 11.7. The molecule has 0 saturated heterocycles. The van der Waals surface area contributed by atoms with Crippen molar-refractivity contribution < 1.29 is 18.9 Å². The highest BCUT2D eigenvalue weighted by Gasteiger charge is 2.19. The molecule has 1 atom stereocenters. The SMILES string of the molecule is COc1ccc(C(C)c2cc(OC)ccc2OC)c(OC)c1. The fourth-order valence-electron chi connectivity index (χ4n) is 2.52. The third-order valence-corrected chi connectivity index (χ3v) is 3.81. The maximum Gasteiger partial charge on any atom is 0.126 e. The van der Waals surface area contributed by atoms with Gasteiger partial charge in [0.05, 0.1) is 28.4 Å². The van der Waals surface area contributed by atoms with Crippen LogP contribution in [0.25, 0.3) is 0 Å². The maximum absolute atomic E-state index is 5.51. The lowest BCUT2D eigenvalue weighted by Gasteiger charge is -2.20. The van der Waals surface area contributed by atoms with Gasteiger partial charge < -0.3 is 18.9 Å². The first-order valence-electron chi connectivity index (χ1n) is 7.08. The van der Waals surface area contributed by atoms with Crippen molar-refractivity contribution in [2.24, 2.45) is 0 Å². The molecule has 1 unspecified atom stereocenters. The third kappa shape index (κ3) is 3.11. The van der Waals surface area contributed by atoms with Gasteiger partial charge in [-0.05, 0) is 24.3 Å². The molecule has 22 heavy (non-hydrogen) atoms. The Morgan fingerprint density at radius 2 is 1.23 bits per heavy atom. The van der Waals surface area contributed by atoms with Gasteiger partial charge in [0.25, 0.3) is 0 Å². The Balaban J connectivity index is 2.49. The summed E-state index contributed by atoms with van der Waals surface area (Å²) < 4.78 is 21.6. The van der Waals surface area contributed by atoms with Crippen LogP contribution in [0.1, 0.15) is 24.0 Å². The topological polar surface area (TPSA) is 36.9 Å². The van der Waals surface area contributed by atoms with Crippen LogP contribution in [0.3, 0.4) is 0 Å². The van der Waals surface area contributed by atoms with Gasteiger partial charge in [0.15, 0.2) is 0 Å². The monoisotopic (exact) mass is 302 g/mol. The van der Waals surface area contributed by atoms with E-state index in [2.05, 4.69) is 6.92 Å². The molecule has 4 heteroatoms. The predicted octanol–water partition coefficient (Wildman–Crippen LogP) is 3.87. The van der Waals surface area contributed by atoms with Crippen molar-refractivity contribution in [2.75, 3.05) is 28.4 Å². The van der Waals surface area contributed by atoms with E-state index in [9.17, 15) is 0 Å². The highest BCUT2D eigenvalue weighted by Crippen LogP contribution is 2.39. The molecule has 0 aliphatic heterocycles. The van der Waals surface area contributed by atoms with Gasteiger partial charge in [-0.3, -0.25) is 0 Å². The average Bonchev–Trinajstić information content (AvgIpc) is 2.59. The van der Waals surface area contributed by atoms with Crippen molar-refractivity contribution in [3.05, 3.63) is 47.5 Å². The van der Waals surface area contributed by atoms with E-state index in [-0.39, 0.29) is 5.92 Å². The number of hydrogen-bond donors (Lipinski definition) is 0. The van der Waals surface area contributed by atoms with E-state index in [1.54, 1.807) is 28.4 Å². The fraction of sp³-hybridized carbons (Fsp3) is 0.333. The van der Waals surface area contributed by atoms with Gasteiger partial charge in [-0.15, -0.1) is 0 Å². The number of rotatable bonds is 6. The standard InChI is InChI=1S/C18H22O4/c1-12(15-8-6-14(20-3)11-18(15)22-5)16-10-13(19-2)7-9-17(16)21-4/h6-12H,1-5H3. The van der Waals surface area contributed by atoms with Crippen LogP contribution in [0.5, 0.6) is 23.0 Å². The maximum atomic E-state index is 5.51. The molecule has 0 N–H and O–H groups in total. The Morgan fingerprint density at radius 3 is 1.82 bits per heavy atom. The third-order valence-electron chi connectivity index (χ3n) is 3.81. The zero-order valence-corrected chi connectivity index (χ0v) is 13.7. The average molecular weight is 302 g/mol. The second kappa shape index (κ2) is 7.07. The minimum Gasteiger partial charge on any atom is -0.497 e. The quantitative estimate of drug-likeness (QED) is 0.811. The lowest BCUT2D eigenvalue weighted by atomic mass is 9.91. The van der Waals surface area contributed by atoms with Crippen LogP contribution in [0, 0.1) is 0 Å². The highest BCUT2D eigenvalue weighted by atomic mass is 16.5. The van der Waals surface area contributed by atoms with E-state index >= 15 is 0 Å². The smallest absolute Gasteiger partial charge is 0.126 e. The molecule has 2 aromatic carbocycles. The van der Waals surface area contributed by atoms with Crippen LogP contribution < -0.4 is 18.9 Å². The summed E-state index contributed by atoms with van der Waals surface area (Å²) in [5, 5.41) is 0. The molecule has 0 aliphatic rings. The van der Waals surface area contributed by atoms with Crippen LogP contribution in [0.4, 0.5) is 0 Å². The predicted molar refractivity (Wildman–Crippen MR) is 86.6 cm³/mol. The van der Waals surface area contributed by atoms with Crippen LogP contribution >= 0.6 is 0 Å². The van der Waals surface area contributed by atoms with Crippen LogP contribution in [-0.4, -0.2) is 28.4 Å². The van der Waals surface area contributed by atoms with Gasteiger partial charge in [-0.2, -0.15) is 0 Å². The molecule has 118 valence electrons. The molecule has 0 radical (unpaired) electrons. The Bertz CT molecular complexity index is 637. The summed E-state index contributed by atoms with van der Waals surface area (Å²) in [7, 11) is 6.63. The number of benzene rings is 2. The van der Waals surface area contributed by atoms with Gasteiger partial charge in [0, 0.05) is 23.1 Å². The number of methoxy groups -OCH3 is 4. The second-order valence-corrected chi connectivity index (χ2v) is 4.94.